The molecule has 5 rings (SSSR count). The number of hydrogen-bond donors (Lipinski definition) is 2. The fraction of sp³-hybridized carbons (Fsp3) is 0.902. The third-order valence-corrected chi connectivity index (χ3v) is 14.4. The molecule has 4 aliphatic carbocycles. The van der Waals surface area contributed by atoms with Crippen molar-refractivity contribution in [2.24, 2.45) is 52.3 Å². The van der Waals surface area contributed by atoms with Gasteiger partial charge in [-0.1, -0.05) is 78.4 Å². The van der Waals surface area contributed by atoms with Gasteiger partial charge in [0.05, 0.1) is 12.6 Å². The van der Waals surface area contributed by atoms with Crippen LogP contribution in [0.5, 0.6) is 0 Å². The van der Waals surface area contributed by atoms with Crippen LogP contribution in [-0.2, 0) is 14.3 Å². The van der Waals surface area contributed by atoms with Crippen molar-refractivity contribution >= 4 is 11.9 Å². The van der Waals surface area contributed by atoms with Gasteiger partial charge in [0, 0.05) is 38.3 Å². The van der Waals surface area contributed by atoms with Gasteiger partial charge in [-0.15, -0.1) is 0 Å². The van der Waals surface area contributed by atoms with Gasteiger partial charge in [-0.2, -0.15) is 0 Å². The summed E-state index contributed by atoms with van der Waals surface area (Å²) < 4.78 is 6.07. The molecule has 4 unspecified atom stereocenters. The van der Waals surface area contributed by atoms with Gasteiger partial charge in [-0.05, 0) is 111 Å². The van der Waals surface area contributed by atoms with Crippen LogP contribution in [0, 0.1) is 52.3 Å². The molecule has 0 aromatic heterocycles. The molecule has 1 saturated heterocycles. The number of ether oxygens (including phenoxy) is 1. The maximum Gasteiger partial charge on any atom is 0.306 e. The number of unbranched alkanes of at least 4 members (excludes halogenated alkanes) is 3. The van der Waals surface area contributed by atoms with Gasteiger partial charge in [-0.25, -0.2) is 0 Å². The number of nitrogens with zero attached hydrogens (tertiary/aromatic N) is 1. The average Bonchev–Trinajstić information content (AvgIpc) is 3.63. The smallest absolute Gasteiger partial charge is 0.306 e. The van der Waals surface area contributed by atoms with E-state index in [1.165, 1.54) is 51.4 Å². The Bertz CT molecular complexity index is 1090. The summed E-state index contributed by atoms with van der Waals surface area (Å²) in [4.78, 5) is 27.2. The van der Waals surface area contributed by atoms with Gasteiger partial charge >= 0.3 is 5.97 Å². The number of fused-ring (bicyclic) bond motifs is 5. The van der Waals surface area contributed by atoms with E-state index in [4.69, 9.17) is 4.74 Å². The molecule has 6 heteroatoms. The number of hydrogen-bond acceptors (Lipinski definition) is 5. The van der Waals surface area contributed by atoms with E-state index in [0.717, 1.165) is 80.5 Å². The second kappa shape index (κ2) is 16.1. The van der Waals surface area contributed by atoms with E-state index in [-0.39, 0.29) is 48.6 Å². The highest BCUT2D eigenvalue weighted by molar-refractivity contribution is 5.76. The topological polar surface area (TPSA) is 87.1 Å². The van der Waals surface area contributed by atoms with Crippen molar-refractivity contribution in [3.8, 4) is 0 Å². The number of esters is 1. The summed E-state index contributed by atoms with van der Waals surface area (Å²) >= 11 is 0. The average molecular weight is 656 g/mol. The zero-order chi connectivity index (χ0) is 33.8. The molecule has 2 N–H and O–H groups in total. The van der Waals surface area contributed by atoms with Crippen molar-refractivity contribution in [3.05, 3.63) is 11.6 Å². The van der Waals surface area contributed by atoms with Crippen LogP contribution in [0.1, 0.15) is 150 Å². The third-order valence-electron chi connectivity index (χ3n) is 14.4. The summed E-state index contributed by atoms with van der Waals surface area (Å²) in [7, 11) is 0. The summed E-state index contributed by atoms with van der Waals surface area (Å²) in [6.07, 6.45) is 21.8. The largest absolute Gasteiger partial charge is 0.462 e. The van der Waals surface area contributed by atoms with Crippen LogP contribution in [0.25, 0.3) is 0 Å². The lowest BCUT2D eigenvalue weighted by Crippen LogP contribution is -2.51. The molecule has 5 aliphatic rings. The molecule has 0 bridgehead atoms. The van der Waals surface area contributed by atoms with Crippen LogP contribution in [-0.4, -0.2) is 58.9 Å². The zero-order valence-corrected chi connectivity index (χ0v) is 30.7. The van der Waals surface area contributed by atoms with Crippen molar-refractivity contribution in [2.75, 3.05) is 19.8 Å². The molecule has 268 valence electrons. The first-order valence-corrected chi connectivity index (χ1v) is 19.9. The minimum Gasteiger partial charge on any atom is -0.462 e. The molecule has 1 heterocycles. The van der Waals surface area contributed by atoms with Crippen molar-refractivity contribution in [3.63, 3.8) is 0 Å². The van der Waals surface area contributed by atoms with Crippen LogP contribution in [0.4, 0.5) is 0 Å². The molecule has 3 saturated carbocycles. The number of carbonyl (C=O) groups excluding carboxylic acids is 2. The quantitative estimate of drug-likeness (QED) is 0.105. The van der Waals surface area contributed by atoms with Crippen LogP contribution < -0.4 is 0 Å². The molecule has 4 fully saturated rings. The lowest BCUT2D eigenvalue weighted by atomic mass is 9.47. The number of amides is 1. The summed E-state index contributed by atoms with van der Waals surface area (Å²) in [6, 6.07) is -0.158. The standard InChI is InChI=1S/C41H69NO5/c1-28(2)11-10-12-29(3)35-17-18-36-34-16-15-31-24-33(19-21-40(31,4)37(34)20-22-41(35,36)5)47-39(46)14-9-7-6-8-13-38(45)42-25-30(26-43)23-32(42)27-44/h15,28-30,32-37,43-44H,6-14,16-27H2,1-5H3/t29-,30-,32+,33?,34?,35-,36?,37?,40+,41-/m1/s1. The van der Waals surface area contributed by atoms with E-state index in [0.29, 0.717) is 31.2 Å². The Morgan fingerprint density at radius 3 is 2.40 bits per heavy atom. The molecular weight excluding hydrogens is 586 g/mol. The highest BCUT2D eigenvalue weighted by atomic mass is 16.5. The lowest BCUT2D eigenvalue weighted by Gasteiger charge is -2.58. The molecular formula is C41H69NO5. The maximum absolute atomic E-state index is 12.8. The van der Waals surface area contributed by atoms with E-state index in [1.807, 2.05) is 0 Å². The summed E-state index contributed by atoms with van der Waals surface area (Å²) in [5.74, 6) is 5.14. The molecule has 47 heavy (non-hydrogen) atoms. The fourth-order valence-corrected chi connectivity index (χ4v) is 11.7. The Morgan fingerprint density at radius 2 is 1.68 bits per heavy atom. The molecule has 1 aliphatic heterocycles. The highest BCUT2D eigenvalue weighted by Crippen LogP contribution is 2.67. The molecule has 0 spiro atoms. The summed E-state index contributed by atoms with van der Waals surface area (Å²) in [6.45, 7) is 13.1. The van der Waals surface area contributed by atoms with Crippen LogP contribution in [0.2, 0.25) is 0 Å². The van der Waals surface area contributed by atoms with E-state index < -0.39 is 0 Å². The minimum absolute atomic E-state index is 0.0232. The number of carbonyl (C=O) groups is 2. The van der Waals surface area contributed by atoms with Gasteiger partial charge in [-0.3, -0.25) is 9.59 Å². The Hall–Kier alpha value is -1.40. The van der Waals surface area contributed by atoms with Crippen LogP contribution in [0.15, 0.2) is 11.6 Å². The summed E-state index contributed by atoms with van der Waals surface area (Å²) in [5, 5.41) is 19.0. The molecule has 1 amide bonds. The second-order valence-electron chi connectivity index (χ2n) is 17.7. The van der Waals surface area contributed by atoms with Gasteiger partial charge in [0.2, 0.25) is 5.91 Å². The molecule has 0 radical (unpaired) electrons. The van der Waals surface area contributed by atoms with Crippen molar-refractivity contribution in [2.45, 2.75) is 162 Å². The number of likely N-dealkylation sites (tertiary alicyclic amines) is 1. The Kier molecular flexibility index (Phi) is 12.6. The number of allylic oxidation sites excluding steroid dienone is 1. The van der Waals surface area contributed by atoms with E-state index in [9.17, 15) is 19.8 Å². The van der Waals surface area contributed by atoms with E-state index >= 15 is 0 Å². The molecule has 10 atom stereocenters. The lowest BCUT2D eigenvalue weighted by molar-refractivity contribution is -0.151. The summed E-state index contributed by atoms with van der Waals surface area (Å²) in [5.41, 5.74) is 2.37. The monoisotopic (exact) mass is 656 g/mol. The van der Waals surface area contributed by atoms with E-state index in [2.05, 4.69) is 40.7 Å². The number of aliphatic hydroxyl groups is 2. The molecule has 6 nitrogen and oxygen atoms in total. The Morgan fingerprint density at radius 1 is 0.915 bits per heavy atom. The normalized spacial score (nSPS) is 37.2. The maximum atomic E-state index is 12.8. The third kappa shape index (κ3) is 8.16. The minimum atomic E-state index is -0.158. The first kappa shape index (κ1) is 36.9. The van der Waals surface area contributed by atoms with Crippen molar-refractivity contribution in [1.29, 1.82) is 0 Å². The number of aliphatic hydroxyl groups excluding tert-OH is 2. The zero-order valence-electron chi connectivity index (χ0n) is 30.7. The Labute approximate surface area is 286 Å². The first-order valence-electron chi connectivity index (χ1n) is 19.9. The predicted octanol–water partition coefficient (Wildman–Crippen LogP) is 8.48. The fourth-order valence-electron chi connectivity index (χ4n) is 11.7. The van der Waals surface area contributed by atoms with Gasteiger partial charge in [0.25, 0.3) is 0 Å². The van der Waals surface area contributed by atoms with Gasteiger partial charge in [0.1, 0.15) is 6.10 Å². The highest BCUT2D eigenvalue weighted by Gasteiger charge is 2.59. The van der Waals surface area contributed by atoms with Crippen LogP contribution in [0.3, 0.4) is 0 Å². The Balaban J connectivity index is 1.03. The predicted molar refractivity (Wildman–Crippen MR) is 188 cm³/mol. The molecule has 0 aromatic rings. The molecule has 0 aromatic carbocycles. The van der Waals surface area contributed by atoms with Crippen molar-refractivity contribution < 1.29 is 24.5 Å². The van der Waals surface area contributed by atoms with Gasteiger partial charge < -0.3 is 19.8 Å². The van der Waals surface area contributed by atoms with E-state index in [1.54, 1.807) is 10.5 Å². The van der Waals surface area contributed by atoms with Gasteiger partial charge in [0.15, 0.2) is 0 Å². The van der Waals surface area contributed by atoms with Crippen LogP contribution >= 0.6 is 0 Å². The van der Waals surface area contributed by atoms with Crippen molar-refractivity contribution in [1.82, 2.24) is 4.90 Å². The second-order valence-corrected chi connectivity index (χ2v) is 17.7. The SMILES string of the molecule is CC(C)CCC[C@@H](C)[C@H]1CCC2C3CC=C4CC(OC(=O)CCCCCCC(=O)N5C[C@H](CO)C[C@H]5CO)CC[C@]4(C)C3CC[C@@]21C. The number of rotatable bonds is 15. The first-order chi connectivity index (χ1) is 22.5.